The highest BCUT2D eigenvalue weighted by molar-refractivity contribution is 6.51. The summed E-state index contributed by atoms with van der Waals surface area (Å²) in [5.74, 6) is 0.295. The molecule has 1 atom stereocenters. The van der Waals surface area contributed by atoms with Gasteiger partial charge in [0.15, 0.2) is 0 Å². The van der Waals surface area contributed by atoms with Crippen molar-refractivity contribution in [2.45, 2.75) is 10.8 Å². The third-order valence-corrected chi connectivity index (χ3v) is 2.06. The van der Waals surface area contributed by atoms with Crippen LogP contribution in [0.2, 0.25) is 0 Å². The molecule has 0 aromatic carbocycles. The first-order valence-corrected chi connectivity index (χ1v) is 3.16. The highest BCUT2D eigenvalue weighted by Gasteiger charge is 2.49. The molecule has 1 rings (SSSR count). The van der Waals surface area contributed by atoms with Crippen molar-refractivity contribution in [3.8, 4) is 0 Å². The summed E-state index contributed by atoms with van der Waals surface area (Å²) in [6.07, 6.45) is 2.65. The van der Waals surface area contributed by atoms with E-state index in [1.165, 1.54) is 0 Å². The van der Waals surface area contributed by atoms with Gasteiger partial charge in [0.1, 0.15) is 4.33 Å². The van der Waals surface area contributed by atoms with Gasteiger partial charge in [-0.3, -0.25) is 0 Å². The van der Waals surface area contributed by atoms with E-state index in [4.69, 9.17) is 23.2 Å². The van der Waals surface area contributed by atoms with E-state index in [-0.39, 0.29) is 0 Å². The van der Waals surface area contributed by atoms with Crippen LogP contribution in [0.4, 0.5) is 0 Å². The van der Waals surface area contributed by atoms with E-state index in [9.17, 15) is 0 Å². The van der Waals surface area contributed by atoms with Crippen LogP contribution in [-0.2, 0) is 0 Å². The van der Waals surface area contributed by atoms with Crippen LogP contribution in [-0.4, -0.2) is 4.33 Å². The zero-order valence-corrected chi connectivity index (χ0v) is 5.84. The first-order valence-electron chi connectivity index (χ1n) is 2.40. The molecule has 0 aromatic rings. The molecule has 0 radical (unpaired) electrons. The molecule has 1 aliphatic rings. The van der Waals surface area contributed by atoms with E-state index < -0.39 is 4.33 Å². The van der Waals surface area contributed by atoms with Crippen molar-refractivity contribution < 1.29 is 0 Å². The molecular weight excluding hydrogens is 143 g/mol. The summed E-state index contributed by atoms with van der Waals surface area (Å²) >= 11 is 11.3. The van der Waals surface area contributed by atoms with Crippen LogP contribution in [0.25, 0.3) is 0 Å². The van der Waals surface area contributed by atoms with Gasteiger partial charge in [0.05, 0.1) is 0 Å². The summed E-state index contributed by atoms with van der Waals surface area (Å²) < 4.78 is -0.495. The Morgan fingerprint density at radius 2 is 2.25 bits per heavy atom. The molecule has 8 heavy (non-hydrogen) atoms. The molecule has 1 fully saturated rings. The van der Waals surface area contributed by atoms with Crippen molar-refractivity contribution >= 4 is 23.2 Å². The Morgan fingerprint density at radius 3 is 2.38 bits per heavy atom. The number of rotatable bonds is 1. The second-order valence-electron chi connectivity index (χ2n) is 1.94. The van der Waals surface area contributed by atoms with Crippen molar-refractivity contribution in [1.82, 2.24) is 0 Å². The number of alkyl halides is 2. The highest BCUT2D eigenvalue weighted by atomic mass is 35.5. The van der Waals surface area contributed by atoms with Crippen LogP contribution in [0, 0.1) is 5.92 Å². The van der Waals surface area contributed by atoms with E-state index in [0.717, 1.165) is 6.42 Å². The number of allylic oxidation sites excluding steroid dienone is 1. The third-order valence-electron chi connectivity index (χ3n) is 1.19. The fraction of sp³-hybridized carbons (Fsp3) is 0.500. The Kier molecular flexibility index (Phi) is 1.40. The minimum absolute atomic E-state index is 0.295. The van der Waals surface area contributed by atoms with Crippen molar-refractivity contribution in [3.05, 3.63) is 18.4 Å². The van der Waals surface area contributed by atoms with Gasteiger partial charge in [-0.2, -0.15) is 0 Å². The Bertz CT molecular complexity index is 143. The lowest BCUT2D eigenvalue weighted by atomic mass is 10.4. The predicted octanol–water partition coefficient (Wildman–Crippen LogP) is 2.52. The molecule has 0 nitrogen and oxygen atoms in total. The van der Waals surface area contributed by atoms with Crippen molar-refractivity contribution in [2.24, 2.45) is 5.92 Å². The molecule has 0 bridgehead atoms. The van der Waals surface area contributed by atoms with Crippen molar-refractivity contribution in [1.29, 1.82) is 0 Å². The van der Waals surface area contributed by atoms with Gasteiger partial charge < -0.3 is 0 Å². The van der Waals surface area contributed by atoms with E-state index in [1.54, 1.807) is 6.08 Å². The summed E-state index contributed by atoms with van der Waals surface area (Å²) in [6.45, 7) is 3.41. The molecule has 1 aliphatic carbocycles. The van der Waals surface area contributed by atoms with Gasteiger partial charge in [-0.05, 0) is 12.5 Å². The van der Waals surface area contributed by atoms with Gasteiger partial charge in [-0.25, -0.2) is 0 Å². The fourth-order valence-electron chi connectivity index (χ4n) is 0.557. The van der Waals surface area contributed by atoms with Crippen LogP contribution in [0.5, 0.6) is 0 Å². The lowest BCUT2D eigenvalue weighted by Crippen LogP contribution is -1.83. The molecule has 1 saturated carbocycles. The molecule has 44 valence electrons. The topological polar surface area (TPSA) is 0 Å². The van der Waals surface area contributed by atoms with Gasteiger partial charge in [0.25, 0.3) is 0 Å². The summed E-state index contributed by atoms with van der Waals surface area (Å²) in [5, 5.41) is 0. The Morgan fingerprint density at radius 1 is 1.75 bits per heavy atom. The van der Waals surface area contributed by atoms with Gasteiger partial charge in [-0.1, -0.05) is 6.58 Å². The molecule has 0 amide bonds. The normalized spacial score (nSPS) is 31.0. The van der Waals surface area contributed by atoms with Crippen LogP contribution < -0.4 is 0 Å². The number of hydrogen-bond donors (Lipinski definition) is 0. The largest absolute Gasteiger partial charge is 0.133 e. The van der Waals surface area contributed by atoms with E-state index >= 15 is 0 Å². The maximum atomic E-state index is 5.65. The predicted molar refractivity (Wildman–Crippen MR) is 36.3 cm³/mol. The third kappa shape index (κ3) is 1.08. The van der Waals surface area contributed by atoms with Crippen molar-refractivity contribution in [2.75, 3.05) is 0 Å². The fourth-order valence-corrected chi connectivity index (χ4v) is 1.02. The molecule has 0 aromatic heterocycles. The average molecular weight is 149 g/mol. The SMILES string of the molecule is C=C=CC1CC1(Cl)Cl. The first kappa shape index (κ1) is 6.22. The summed E-state index contributed by atoms with van der Waals surface area (Å²) in [7, 11) is 0. The summed E-state index contributed by atoms with van der Waals surface area (Å²) in [5.41, 5.74) is 2.64. The molecule has 0 N–H and O–H groups in total. The number of halogens is 2. The molecule has 0 saturated heterocycles. The Hall–Kier alpha value is 0.100. The average Bonchev–Trinajstić information content (AvgIpc) is 2.15. The maximum Gasteiger partial charge on any atom is 0.125 e. The van der Waals surface area contributed by atoms with E-state index in [0.29, 0.717) is 5.92 Å². The Labute approximate surface area is 58.8 Å². The number of hydrogen-bond acceptors (Lipinski definition) is 0. The lowest BCUT2D eigenvalue weighted by molar-refractivity contribution is 1.10. The lowest BCUT2D eigenvalue weighted by Gasteiger charge is -1.86. The van der Waals surface area contributed by atoms with Crippen LogP contribution in [0.3, 0.4) is 0 Å². The van der Waals surface area contributed by atoms with E-state index in [1.807, 2.05) is 0 Å². The minimum atomic E-state index is -0.495. The zero-order valence-electron chi connectivity index (χ0n) is 4.32. The minimum Gasteiger partial charge on any atom is -0.133 e. The maximum absolute atomic E-state index is 5.65. The van der Waals surface area contributed by atoms with Gasteiger partial charge >= 0.3 is 0 Å². The van der Waals surface area contributed by atoms with Gasteiger partial charge in [0.2, 0.25) is 0 Å². The summed E-state index contributed by atoms with van der Waals surface area (Å²) in [4.78, 5) is 0. The molecular formula is C6H6Cl2. The van der Waals surface area contributed by atoms with Crippen LogP contribution >= 0.6 is 23.2 Å². The second-order valence-corrected chi connectivity index (χ2v) is 3.48. The monoisotopic (exact) mass is 148 g/mol. The first-order chi connectivity index (χ1) is 3.67. The van der Waals surface area contributed by atoms with Crippen LogP contribution in [0.1, 0.15) is 6.42 Å². The summed E-state index contributed by atoms with van der Waals surface area (Å²) in [6, 6.07) is 0. The van der Waals surface area contributed by atoms with Gasteiger partial charge in [0, 0.05) is 5.92 Å². The Balaban J connectivity index is 2.48. The highest BCUT2D eigenvalue weighted by Crippen LogP contribution is 2.53. The zero-order chi connectivity index (χ0) is 6.20. The molecule has 2 heteroatoms. The standard InChI is InChI=1S/C6H6Cl2/c1-2-3-5-4-6(5,7)8/h3,5H,1,4H2. The quantitative estimate of drug-likeness (QED) is 0.397. The van der Waals surface area contributed by atoms with Crippen LogP contribution in [0.15, 0.2) is 18.4 Å². The van der Waals surface area contributed by atoms with Gasteiger partial charge in [-0.15, -0.1) is 28.9 Å². The molecule has 1 unspecified atom stereocenters. The van der Waals surface area contributed by atoms with Crippen molar-refractivity contribution in [3.63, 3.8) is 0 Å². The molecule has 0 heterocycles. The molecule has 0 aliphatic heterocycles. The van der Waals surface area contributed by atoms with E-state index in [2.05, 4.69) is 12.3 Å². The molecule has 0 spiro atoms. The smallest absolute Gasteiger partial charge is 0.125 e. The second kappa shape index (κ2) is 1.80.